The number of ether oxygens (including phenoxy) is 2. The van der Waals surface area contributed by atoms with E-state index < -0.39 is 30.4 Å². The van der Waals surface area contributed by atoms with Crippen molar-refractivity contribution in [3.05, 3.63) is 72.9 Å². The molecule has 0 amide bonds. The zero-order valence-corrected chi connectivity index (χ0v) is 25.8. The molecule has 0 saturated carbocycles. The molecule has 6 heteroatoms. The van der Waals surface area contributed by atoms with E-state index >= 15 is 0 Å². The van der Waals surface area contributed by atoms with Gasteiger partial charge in [0.15, 0.2) is 0 Å². The molecule has 40 heavy (non-hydrogen) atoms. The first-order valence-corrected chi connectivity index (χ1v) is 14.6. The second kappa shape index (κ2) is 18.2. The van der Waals surface area contributed by atoms with Crippen molar-refractivity contribution in [3.8, 4) is 0 Å². The summed E-state index contributed by atoms with van der Waals surface area (Å²) in [6, 6.07) is 0. The predicted octanol–water partition coefficient (Wildman–Crippen LogP) is 5.96. The van der Waals surface area contributed by atoms with E-state index in [0.29, 0.717) is 12.8 Å². The summed E-state index contributed by atoms with van der Waals surface area (Å²) in [5, 5.41) is 32.8. The average Bonchev–Trinajstić information content (AvgIpc) is 2.92. The maximum Gasteiger partial charge on any atom is 0.331 e. The minimum atomic E-state index is -0.718. The molecule has 0 radical (unpaired) electrons. The molecule has 0 aliphatic carbocycles. The molecule has 1 aliphatic rings. The molecular formula is C34H54O6. The van der Waals surface area contributed by atoms with Crippen LogP contribution in [0.25, 0.3) is 0 Å². The highest BCUT2D eigenvalue weighted by atomic mass is 16.5. The van der Waals surface area contributed by atoms with Crippen LogP contribution in [0.1, 0.15) is 61.3 Å². The molecule has 0 spiro atoms. The number of hydrogen-bond donors (Lipinski definition) is 3. The van der Waals surface area contributed by atoms with Gasteiger partial charge in [-0.05, 0) is 19.3 Å². The SMILES string of the molecule is C=C/C=C\[C@H](C)[C@@H]1OC(=O)/C=C\C=C\[C@@H](C)[C@@H](OC)C[C@H](O)/C=C\[C@H](C)[C@H](O)[C@@H](C)/C=C(/C)C[C@H](C)[C@@H](O)[C@H]1C. The third-order valence-electron chi connectivity index (χ3n) is 7.99. The molecule has 1 rings (SSSR count). The van der Waals surface area contributed by atoms with Crippen LogP contribution >= 0.6 is 0 Å². The monoisotopic (exact) mass is 558 g/mol. The van der Waals surface area contributed by atoms with E-state index in [-0.39, 0.29) is 41.6 Å². The van der Waals surface area contributed by atoms with Crippen molar-refractivity contribution < 1.29 is 29.6 Å². The Morgan fingerprint density at radius 1 is 1.00 bits per heavy atom. The summed E-state index contributed by atoms with van der Waals surface area (Å²) in [4.78, 5) is 12.8. The minimum Gasteiger partial charge on any atom is -0.458 e. The minimum absolute atomic E-state index is 0.0174. The number of aliphatic hydroxyl groups excluding tert-OH is 3. The Morgan fingerprint density at radius 3 is 2.30 bits per heavy atom. The van der Waals surface area contributed by atoms with E-state index in [2.05, 4.69) is 12.7 Å². The highest BCUT2D eigenvalue weighted by Crippen LogP contribution is 2.29. The van der Waals surface area contributed by atoms with Crippen LogP contribution in [-0.2, 0) is 14.3 Å². The number of rotatable bonds is 4. The summed E-state index contributed by atoms with van der Waals surface area (Å²) in [6.45, 7) is 17.5. The molecule has 0 aromatic heterocycles. The van der Waals surface area contributed by atoms with Crippen molar-refractivity contribution in [1.82, 2.24) is 0 Å². The summed E-state index contributed by atoms with van der Waals surface area (Å²) < 4.78 is 11.5. The number of aliphatic hydroxyl groups is 3. The Bertz CT molecular complexity index is 915. The Hall–Kier alpha value is -2.25. The number of esters is 1. The molecule has 11 atom stereocenters. The lowest BCUT2D eigenvalue weighted by Crippen LogP contribution is -2.40. The van der Waals surface area contributed by atoms with E-state index in [4.69, 9.17) is 9.47 Å². The fraction of sp³-hybridized carbons (Fsp3) is 0.618. The summed E-state index contributed by atoms with van der Waals surface area (Å²) in [7, 11) is 1.62. The average molecular weight is 559 g/mol. The molecule has 0 unspecified atom stereocenters. The molecule has 0 aromatic carbocycles. The normalized spacial score (nSPS) is 40.5. The van der Waals surface area contributed by atoms with Crippen molar-refractivity contribution >= 4 is 5.97 Å². The number of cyclic esters (lactones) is 1. The van der Waals surface area contributed by atoms with E-state index in [1.165, 1.54) is 6.08 Å². The maximum atomic E-state index is 12.8. The van der Waals surface area contributed by atoms with Crippen molar-refractivity contribution in [2.75, 3.05) is 7.11 Å². The van der Waals surface area contributed by atoms with Gasteiger partial charge in [-0.25, -0.2) is 4.79 Å². The molecule has 226 valence electrons. The molecule has 0 saturated heterocycles. The quantitative estimate of drug-likeness (QED) is 0.224. The number of hydrogen-bond acceptors (Lipinski definition) is 6. The van der Waals surface area contributed by atoms with Gasteiger partial charge in [-0.15, -0.1) is 0 Å². The van der Waals surface area contributed by atoms with Crippen LogP contribution < -0.4 is 0 Å². The van der Waals surface area contributed by atoms with E-state index in [1.807, 2.05) is 72.8 Å². The standard InChI is InChI=1S/C34H54O6/c1-10-11-14-25(5)34-28(8)33(38)27(7)20-22(2)19-26(6)32(37)24(4)17-18-29(35)21-30(39-9)23(3)15-12-13-16-31(36)40-34/h10-19,23-30,32-35,37-38H,1,20-21H2,2-9H3/b14-11-,15-12+,16-13-,18-17-,22-19-/t23-,24+,25+,26+,27+,28-,29-,30+,32+,33-,34+/m1/s1. The summed E-state index contributed by atoms with van der Waals surface area (Å²) in [5.41, 5.74) is 1.07. The van der Waals surface area contributed by atoms with Crippen LogP contribution in [0.2, 0.25) is 0 Å². The highest BCUT2D eigenvalue weighted by Gasteiger charge is 2.33. The fourth-order valence-corrected chi connectivity index (χ4v) is 5.42. The predicted molar refractivity (Wildman–Crippen MR) is 163 cm³/mol. The van der Waals surface area contributed by atoms with Gasteiger partial charge in [0.2, 0.25) is 0 Å². The molecule has 0 fully saturated rings. The van der Waals surface area contributed by atoms with Crippen LogP contribution in [0.3, 0.4) is 0 Å². The molecular weight excluding hydrogens is 504 g/mol. The van der Waals surface area contributed by atoms with Crippen LogP contribution in [-0.4, -0.2) is 58.9 Å². The van der Waals surface area contributed by atoms with Crippen molar-refractivity contribution in [3.63, 3.8) is 0 Å². The lowest BCUT2D eigenvalue weighted by Gasteiger charge is -2.33. The van der Waals surface area contributed by atoms with E-state index in [9.17, 15) is 20.1 Å². The Balaban J connectivity index is 3.36. The summed E-state index contributed by atoms with van der Waals surface area (Å²) in [6.07, 6.45) is 16.0. The molecule has 1 aliphatic heterocycles. The number of methoxy groups -OCH3 is 1. The zero-order chi connectivity index (χ0) is 30.4. The van der Waals surface area contributed by atoms with E-state index in [1.54, 1.807) is 31.4 Å². The van der Waals surface area contributed by atoms with Crippen LogP contribution in [0, 0.1) is 35.5 Å². The fourth-order valence-electron chi connectivity index (χ4n) is 5.42. The third kappa shape index (κ3) is 12.1. The van der Waals surface area contributed by atoms with Gasteiger partial charge in [0.05, 0.1) is 24.4 Å². The second-order valence-electron chi connectivity index (χ2n) is 11.7. The van der Waals surface area contributed by atoms with Gasteiger partial charge in [0.25, 0.3) is 0 Å². The van der Waals surface area contributed by atoms with Gasteiger partial charge in [0, 0.05) is 49.2 Å². The third-order valence-corrected chi connectivity index (χ3v) is 7.99. The van der Waals surface area contributed by atoms with Gasteiger partial charge >= 0.3 is 5.97 Å². The molecule has 0 aromatic rings. The maximum absolute atomic E-state index is 12.8. The van der Waals surface area contributed by atoms with Crippen LogP contribution in [0.15, 0.2) is 72.9 Å². The Kier molecular flexibility index (Phi) is 16.3. The smallest absolute Gasteiger partial charge is 0.331 e. The summed E-state index contributed by atoms with van der Waals surface area (Å²) >= 11 is 0. The second-order valence-corrected chi connectivity index (χ2v) is 11.7. The topological polar surface area (TPSA) is 96.2 Å². The molecule has 0 bridgehead atoms. The van der Waals surface area contributed by atoms with Crippen molar-refractivity contribution in [2.45, 2.75) is 91.8 Å². The first-order valence-electron chi connectivity index (χ1n) is 14.6. The Labute approximate surface area is 242 Å². The first-order chi connectivity index (χ1) is 18.8. The Morgan fingerprint density at radius 2 is 1.68 bits per heavy atom. The van der Waals surface area contributed by atoms with Gasteiger partial charge < -0.3 is 24.8 Å². The molecule has 1 heterocycles. The highest BCUT2D eigenvalue weighted by molar-refractivity contribution is 5.82. The molecule has 6 nitrogen and oxygen atoms in total. The van der Waals surface area contributed by atoms with Crippen LogP contribution in [0.5, 0.6) is 0 Å². The van der Waals surface area contributed by atoms with E-state index in [0.717, 1.165) is 5.57 Å². The van der Waals surface area contributed by atoms with Gasteiger partial charge in [0.1, 0.15) is 6.10 Å². The van der Waals surface area contributed by atoms with Crippen molar-refractivity contribution in [2.24, 2.45) is 35.5 Å². The number of carbonyl (C=O) groups excluding carboxylic acids is 1. The summed E-state index contributed by atoms with van der Waals surface area (Å²) in [5.74, 6) is -1.31. The van der Waals surface area contributed by atoms with Gasteiger partial charge in [-0.2, -0.15) is 0 Å². The lowest BCUT2D eigenvalue weighted by atomic mass is 9.81. The number of carbonyl (C=O) groups is 1. The zero-order valence-electron chi connectivity index (χ0n) is 25.8. The van der Waals surface area contributed by atoms with Crippen LogP contribution in [0.4, 0.5) is 0 Å². The lowest BCUT2D eigenvalue weighted by molar-refractivity contribution is -0.151. The first kappa shape index (κ1) is 35.8. The molecule has 3 N–H and O–H groups in total. The van der Waals surface area contributed by atoms with Gasteiger partial charge in [-0.3, -0.25) is 0 Å². The van der Waals surface area contributed by atoms with Crippen molar-refractivity contribution in [1.29, 1.82) is 0 Å². The largest absolute Gasteiger partial charge is 0.458 e. The van der Waals surface area contributed by atoms with Gasteiger partial charge in [-0.1, -0.05) is 108 Å². The number of allylic oxidation sites excluding steroid dienone is 5.